The number of thiocarbonyl (C=S) groups is 1. The van der Waals surface area contributed by atoms with Gasteiger partial charge < -0.3 is 14.7 Å². The van der Waals surface area contributed by atoms with Gasteiger partial charge >= 0.3 is 0 Å². The zero-order valence-electron chi connectivity index (χ0n) is 18.5. The molecule has 1 N–H and O–H groups in total. The number of aryl methyl sites for hydroxylation is 1. The molecule has 0 radical (unpaired) electrons. The quantitative estimate of drug-likeness (QED) is 0.268. The number of rotatable bonds is 7. The van der Waals surface area contributed by atoms with E-state index in [1.807, 2.05) is 30.0 Å². The molecule has 32 heavy (non-hydrogen) atoms. The van der Waals surface area contributed by atoms with E-state index < -0.39 is 0 Å². The minimum absolute atomic E-state index is 0.179. The summed E-state index contributed by atoms with van der Waals surface area (Å²) in [6, 6.07) is 16.5. The second kappa shape index (κ2) is 9.71. The lowest BCUT2D eigenvalue weighted by molar-refractivity contribution is 0.399. The Morgan fingerprint density at radius 2 is 1.91 bits per heavy atom. The van der Waals surface area contributed by atoms with Crippen molar-refractivity contribution in [2.24, 2.45) is 0 Å². The SMILES string of the molecule is C=CCN1C(=S)NC(c2ccc(CC)cc2)C(c2nc(-c3ccc(SC)cc3)no2)=C1C. The van der Waals surface area contributed by atoms with Crippen LogP contribution in [0.3, 0.4) is 0 Å². The van der Waals surface area contributed by atoms with Gasteiger partial charge in [-0.2, -0.15) is 4.98 Å². The predicted octanol–water partition coefficient (Wildman–Crippen LogP) is 5.87. The minimum atomic E-state index is -0.179. The number of aromatic nitrogens is 2. The molecule has 7 heteroatoms. The van der Waals surface area contributed by atoms with E-state index in [9.17, 15) is 0 Å². The summed E-state index contributed by atoms with van der Waals surface area (Å²) >= 11 is 7.37. The maximum absolute atomic E-state index is 5.78. The van der Waals surface area contributed by atoms with E-state index in [1.165, 1.54) is 10.5 Å². The van der Waals surface area contributed by atoms with Crippen LogP contribution in [0.4, 0.5) is 0 Å². The maximum atomic E-state index is 5.78. The predicted molar refractivity (Wildman–Crippen MR) is 135 cm³/mol. The Morgan fingerprint density at radius 3 is 2.53 bits per heavy atom. The van der Waals surface area contributed by atoms with Crippen molar-refractivity contribution in [3.8, 4) is 11.4 Å². The number of nitrogens with zero attached hydrogens (tertiary/aromatic N) is 3. The largest absolute Gasteiger partial charge is 0.351 e. The first-order valence-corrected chi connectivity index (χ1v) is 12.2. The van der Waals surface area contributed by atoms with Crippen LogP contribution in [-0.2, 0) is 6.42 Å². The van der Waals surface area contributed by atoms with Crippen molar-refractivity contribution in [2.45, 2.75) is 31.2 Å². The summed E-state index contributed by atoms with van der Waals surface area (Å²) in [5.74, 6) is 1.05. The first kappa shape index (κ1) is 22.3. The zero-order valence-corrected chi connectivity index (χ0v) is 20.1. The van der Waals surface area contributed by atoms with E-state index in [-0.39, 0.29) is 6.04 Å². The van der Waals surface area contributed by atoms with Crippen LogP contribution >= 0.6 is 24.0 Å². The van der Waals surface area contributed by atoms with Gasteiger partial charge in [0.1, 0.15) is 0 Å². The van der Waals surface area contributed by atoms with Crippen LogP contribution < -0.4 is 5.32 Å². The molecule has 4 rings (SSSR count). The van der Waals surface area contributed by atoms with Gasteiger partial charge in [0.25, 0.3) is 5.89 Å². The van der Waals surface area contributed by atoms with Crippen LogP contribution in [0.15, 0.2) is 76.3 Å². The van der Waals surface area contributed by atoms with E-state index in [0.717, 1.165) is 28.8 Å². The Hall–Kier alpha value is -2.90. The van der Waals surface area contributed by atoms with Gasteiger partial charge in [-0.3, -0.25) is 0 Å². The lowest BCUT2D eigenvalue weighted by Gasteiger charge is -2.36. The number of nitrogens with one attached hydrogen (secondary N) is 1. The Bertz CT molecular complexity index is 1150. The van der Waals surface area contributed by atoms with Crippen LogP contribution in [0.1, 0.15) is 36.9 Å². The third kappa shape index (κ3) is 4.36. The van der Waals surface area contributed by atoms with Crippen LogP contribution in [0, 0.1) is 0 Å². The molecule has 0 spiro atoms. The Morgan fingerprint density at radius 1 is 1.19 bits per heavy atom. The van der Waals surface area contributed by atoms with Crippen molar-refractivity contribution in [1.29, 1.82) is 0 Å². The number of allylic oxidation sites excluding steroid dienone is 1. The highest BCUT2D eigenvalue weighted by molar-refractivity contribution is 7.98. The summed E-state index contributed by atoms with van der Waals surface area (Å²) in [6.07, 6.45) is 4.88. The van der Waals surface area contributed by atoms with Gasteiger partial charge in [0, 0.05) is 22.7 Å². The third-order valence-corrected chi connectivity index (χ3v) is 6.72. The van der Waals surface area contributed by atoms with Gasteiger partial charge in [-0.15, -0.1) is 18.3 Å². The number of hydrogen-bond donors (Lipinski definition) is 1. The minimum Gasteiger partial charge on any atom is -0.351 e. The van der Waals surface area contributed by atoms with Gasteiger partial charge in [0.05, 0.1) is 11.6 Å². The molecule has 0 saturated heterocycles. The molecule has 5 nitrogen and oxygen atoms in total. The van der Waals surface area contributed by atoms with Crippen molar-refractivity contribution in [3.63, 3.8) is 0 Å². The van der Waals surface area contributed by atoms with Crippen molar-refractivity contribution >= 4 is 34.7 Å². The summed E-state index contributed by atoms with van der Waals surface area (Å²) in [6.45, 7) is 8.66. The maximum Gasteiger partial charge on any atom is 0.258 e. The van der Waals surface area contributed by atoms with Gasteiger partial charge in [-0.25, -0.2) is 0 Å². The van der Waals surface area contributed by atoms with Gasteiger partial charge in [0.15, 0.2) is 5.11 Å². The fourth-order valence-corrected chi connectivity index (χ4v) is 4.53. The number of thioether (sulfide) groups is 1. The normalized spacial score (nSPS) is 16.3. The summed E-state index contributed by atoms with van der Waals surface area (Å²) in [7, 11) is 0. The average molecular weight is 463 g/mol. The second-order valence-electron chi connectivity index (χ2n) is 7.53. The smallest absolute Gasteiger partial charge is 0.258 e. The summed E-state index contributed by atoms with van der Waals surface area (Å²) < 4.78 is 5.78. The van der Waals surface area contributed by atoms with Gasteiger partial charge in [-0.1, -0.05) is 42.4 Å². The summed E-state index contributed by atoms with van der Waals surface area (Å²) in [5.41, 5.74) is 5.20. The molecule has 1 aliphatic heterocycles. The molecule has 0 amide bonds. The Kier molecular flexibility index (Phi) is 6.77. The van der Waals surface area contributed by atoms with E-state index >= 15 is 0 Å². The molecule has 164 valence electrons. The summed E-state index contributed by atoms with van der Waals surface area (Å²) in [4.78, 5) is 7.96. The fraction of sp³-hybridized carbons (Fsp3) is 0.240. The molecular formula is C25H26N4OS2. The van der Waals surface area contributed by atoms with Crippen LogP contribution in [0.5, 0.6) is 0 Å². The molecular weight excluding hydrogens is 436 g/mol. The molecule has 1 aromatic heterocycles. The van der Waals surface area contributed by atoms with Crippen molar-refractivity contribution in [2.75, 3.05) is 12.8 Å². The molecule has 0 aliphatic carbocycles. The number of benzene rings is 2. The lowest BCUT2D eigenvalue weighted by atomic mass is 9.94. The molecule has 0 bridgehead atoms. The Balaban J connectivity index is 1.77. The van der Waals surface area contributed by atoms with Gasteiger partial charge in [0.2, 0.25) is 5.82 Å². The monoisotopic (exact) mass is 462 g/mol. The van der Waals surface area contributed by atoms with E-state index in [1.54, 1.807) is 11.8 Å². The highest BCUT2D eigenvalue weighted by atomic mass is 32.2. The van der Waals surface area contributed by atoms with Crippen LogP contribution in [0.25, 0.3) is 17.0 Å². The highest BCUT2D eigenvalue weighted by Crippen LogP contribution is 2.37. The molecule has 1 unspecified atom stereocenters. The molecule has 0 fully saturated rings. The standard InChI is InChI=1S/C25H26N4OS2/c1-5-15-29-16(3)21(22(26-25(29)31)18-9-7-17(6-2)8-10-18)24-27-23(28-30-24)19-11-13-20(32-4)14-12-19/h5,7-14,22H,1,6,15H2,2-4H3,(H,26,31). The van der Waals surface area contributed by atoms with Crippen molar-refractivity contribution < 1.29 is 4.52 Å². The second-order valence-corrected chi connectivity index (χ2v) is 8.79. The average Bonchev–Trinajstić information content (AvgIpc) is 3.31. The van der Waals surface area contributed by atoms with Crippen LogP contribution in [-0.4, -0.2) is 33.0 Å². The van der Waals surface area contributed by atoms with E-state index in [0.29, 0.717) is 23.4 Å². The fourth-order valence-electron chi connectivity index (χ4n) is 3.79. The lowest BCUT2D eigenvalue weighted by Crippen LogP contribution is -2.45. The Labute approximate surface area is 198 Å². The van der Waals surface area contributed by atoms with Gasteiger partial charge in [-0.05, 0) is 67.2 Å². The van der Waals surface area contributed by atoms with E-state index in [2.05, 4.69) is 66.6 Å². The van der Waals surface area contributed by atoms with Crippen molar-refractivity contribution in [1.82, 2.24) is 20.4 Å². The summed E-state index contributed by atoms with van der Waals surface area (Å²) in [5, 5.41) is 8.40. The first-order valence-electron chi connectivity index (χ1n) is 10.5. The van der Waals surface area contributed by atoms with Crippen molar-refractivity contribution in [3.05, 3.63) is 83.9 Å². The molecule has 1 aliphatic rings. The molecule has 2 aromatic carbocycles. The first-order chi connectivity index (χ1) is 15.5. The number of hydrogen-bond acceptors (Lipinski definition) is 5. The zero-order chi connectivity index (χ0) is 22.7. The van der Waals surface area contributed by atoms with Crippen LogP contribution in [0.2, 0.25) is 0 Å². The topological polar surface area (TPSA) is 54.2 Å². The molecule has 2 heterocycles. The molecule has 0 saturated carbocycles. The highest BCUT2D eigenvalue weighted by Gasteiger charge is 2.33. The molecule has 1 atom stereocenters. The molecule has 3 aromatic rings. The third-order valence-electron chi connectivity index (χ3n) is 5.63. The van der Waals surface area contributed by atoms with E-state index in [4.69, 9.17) is 21.7 Å².